The molecule has 1 aromatic heterocycles. The van der Waals surface area contributed by atoms with Gasteiger partial charge in [0.1, 0.15) is 11.2 Å². The summed E-state index contributed by atoms with van der Waals surface area (Å²) in [6.07, 6.45) is 0. The molecule has 0 unspecified atom stereocenters. The number of hydrogen-bond donors (Lipinski definition) is 0. The molecule has 0 saturated carbocycles. The van der Waals surface area contributed by atoms with Gasteiger partial charge in [0, 0.05) is 21.9 Å². The van der Waals surface area contributed by atoms with Crippen LogP contribution < -0.4 is 0 Å². The predicted octanol–water partition coefficient (Wildman–Crippen LogP) is 13.7. The van der Waals surface area contributed by atoms with Crippen molar-refractivity contribution in [3.8, 4) is 44.5 Å². The van der Waals surface area contributed by atoms with Gasteiger partial charge in [0.25, 0.3) is 0 Å². The quantitative estimate of drug-likeness (QED) is 0.178. The molecule has 0 bridgehead atoms. The Hall–Kier alpha value is -6.44. The van der Waals surface area contributed by atoms with E-state index in [0.717, 1.165) is 33.1 Å². The lowest BCUT2D eigenvalue weighted by atomic mass is 9.85. The molecule has 0 spiro atoms. The van der Waals surface area contributed by atoms with Gasteiger partial charge in [-0.25, -0.2) is 0 Å². The fraction of sp³-hybridized carbons (Fsp3) is 0. The van der Waals surface area contributed by atoms with E-state index in [1.165, 1.54) is 65.7 Å². The van der Waals surface area contributed by atoms with E-state index in [-0.39, 0.29) is 0 Å². The van der Waals surface area contributed by atoms with E-state index < -0.39 is 0 Å². The molecule has 49 heavy (non-hydrogen) atoms. The summed E-state index contributed by atoms with van der Waals surface area (Å²) in [5, 5.41) is 9.64. The number of benzene rings is 9. The van der Waals surface area contributed by atoms with Crippen LogP contribution in [0.25, 0.3) is 98.8 Å². The van der Waals surface area contributed by atoms with Gasteiger partial charge in [0.15, 0.2) is 0 Å². The summed E-state index contributed by atoms with van der Waals surface area (Å²) in [4.78, 5) is 0. The van der Waals surface area contributed by atoms with E-state index in [0.29, 0.717) is 0 Å². The van der Waals surface area contributed by atoms with Crippen molar-refractivity contribution in [3.63, 3.8) is 0 Å². The van der Waals surface area contributed by atoms with Gasteiger partial charge in [0.2, 0.25) is 0 Å². The van der Waals surface area contributed by atoms with Crippen molar-refractivity contribution >= 4 is 54.3 Å². The van der Waals surface area contributed by atoms with Crippen LogP contribution in [-0.2, 0) is 0 Å². The van der Waals surface area contributed by atoms with Crippen molar-refractivity contribution in [1.29, 1.82) is 0 Å². The van der Waals surface area contributed by atoms with Crippen LogP contribution in [0.5, 0.6) is 0 Å². The maximum absolute atomic E-state index is 6.82. The van der Waals surface area contributed by atoms with Crippen LogP contribution in [0.15, 0.2) is 186 Å². The highest BCUT2D eigenvalue weighted by molar-refractivity contribution is 6.24. The molecule has 0 amide bonds. The summed E-state index contributed by atoms with van der Waals surface area (Å²) < 4.78 is 6.82. The molecule has 0 saturated heterocycles. The Labute approximate surface area is 284 Å². The first-order valence-electron chi connectivity index (χ1n) is 16.8. The average molecular weight is 623 g/mol. The van der Waals surface area contributed by atoms with Gasteiger partial charge in [-0.05, 0) is 83.9 Å². The molecule has 228 valence electrons. The monoisotopic (exact) mass is 622 g/mol. The number of hydrogen-bond acceptors (Lipinski definition) is 1. The average Bonchev–Trinajstić information content (AvgIpc) is 3.56. The highest BCUT2D eigenvalue weighted by Gasteiger charge is 2.20. The molecule has 1 heterocycles. The second-order valence-electron chi connectivity index (χ2n) is 12.8. The minimum Gasteiger partial charge on any atom is -0.455 e. The summed E-state index contributed by atoms with van der Waals surface area (Å²) >= 11 is 0. The second kappa shape index (κ2) is 11.1. The molecule has 0 N–H and O–H groups in total. The molecule has 0 aliphatic carbocycles. The van der Waals surface area contributed by atoms with E-state index in [1.807, 2.05) is 0 Å². The molecule has 0 radical (unpaired) electrons. The molecule has 0 atom stereocenters. The van der Waals surface area contributed by atoms with E-state index >= 15 is 0 Å². The van der Waals surface area contributed by atoms with Crippen LogP contribution in [0.1, 0.15) is 0 Å². The number of fused-ring (bicyclic) bond motifs is 6. The summed E-state index contributed by atoms with van der Waals surface area (Å²) in [6.45, 7) is 0. The topological polar surface area (TPSA) is 13.1 Å². The molecular weight excluding hydrogens is 593 g/mol. The lowest BCUT2D eigenvalue weighted by Crippen LogP contribution is -1.91. The highest BCUT2D eigenvalue weighted by Crippen LogP contribution is 2.47. The van der Waals surface area contributed by atoms with E-state index in [2.05, 4.69) is 182 Å². The van der Waals surface area contributed by atoms with Gasteiger partial charge < -0.3 is 4.42 Å². The van der Waals surface area contributed by atoms with E-state index in [4.69, 9.17) is 4.42 Å². The predicted molar refractivity (Wildman–Crippen MR) is 208 cm³/mol. The summed E-state index contributed by atoms with van der Waals surface area (Å²) in [5.74, 6) is 0. The first-order valence-corrected chi connectivity index (χ1v) is 16.8. The van der Waals surface area contributed by atoms with E-state index in [9.17, 15) is 0 Å². The summed E-state index contributed by atoms with van der Waals surface area (Å²) in [7, 11) is 0. The number of furan rings is 1. The third-order valence-corrected chi connectivity index (χ3v) is 10.1. The van der Waals surface area contributed by atoms with Crippen LogP contribution in [-0.4, -0.2) is 0 Å². The van der Waals surface area contributed by atoms with Crippen LogP contribution in [0.2, 0.25) is 0 Å². The molecule has 10 rings (SSSR count). The Morgan fingerprint density at radius 3 is 1.57 bits per heavy atom. The minimum atomic E-state index is 0.902. The van der Waals surface area contributed by atoms with Crippen LogP contribution in [0.3, 0.4) is 0 Å². The lowest BCUT2D eigenvalue weighted by molar-refractivity contribution is 0.670. The molecule has 10 aromatic rings. The molecular formula is C48H30O. The van der Waals surface area contributed by atoms with Crippen LogP contribution in [0.4, 0.5) is 0 Å². The standard InChI is InChI=1S/C48H30O/c1-3-13-31(14-4-1)34-27-28-37-42-23-12-24-43(48(42)49-45(37)30-34)47-40-20-9-7-18-38(40)46(39-19-8-10-21-41(39)47)35-26-25-33-17-11-22-36(44(33)29-35)32-15-5-2-6-16-32/h1-30H. The zero-order valence-corrected chi connectivity index (χ0v) is 26.7. The SMILES string of the molecule is c1ccc(-c2ccc3c(c2)oc2c(-c4c5ccccc5c(-c5ccc6cccc(-c7ccccc7)c6c5)c5ccccc45)cccc23)cc1. The van der Waals surface area contributed by atoms with Crippen molar-refractivity contribution in [2.45, 2.75) is 0 Å². The zero-order valence-electron chi connectivity index (χ0n) is 26.7. The van der Waals surface area contributed by atoms with Gasteiger partial charge in [-0.15, -0.1) is 0 Å². The number of para-hydroxylation sites is 1. The summed E-state index contributed by atoms with van der Waals surface area (Å²) in [6, 6.07) is 65.6. The van der Waals surface area contributed by atoms with Crippen molar-refractivity contribution in [1.82, 2.24) is 0 Å². The van der Waals surface area contributed by atoms with Crippen molar-refractivity contribution in [2.75, 3.05) is 0 Å². The summed E-state index contributed by atoms with van der Waals surface area (Å²) in [5.41, 5.74) is 11.4. The maximum atomic E-state index is 6.82. The third kappa shape index (κ3) is 4.40. The first kappa shape index (κ1) is 27.7. The molecule has 0 aliphatic heterocycles. The lowest BCUT2D eigenvalue weighted by Gasteiger charge is -2.18. The Bertz CT molecular complexity index is 2800. The van der Waals surface area contributed by atoms with Gasteiger partial charge in [0.05, 0.1) is 0 Å². The first-order chi connectivity index (χ1) is 24.3. The molecule has 9 aromatic carbocycles. The Kier molecular flexibility index (Phi) is 6.25. The van der Waals surface area contributed by atoms with Gasteiger partial charge in [-0.2, -0.15) is 0 Å². The smallest absolute Gasteiger partial charge is 0.143 e. The minimum absolute atomic E-state index is 0.902. The molecule has 0 fully saturated rings. The number of rotatable bonds is 4. The van der Waals surface area contributed by atoms with Crippen molar-refractivity contribution in [3.05, 3.63) is 182 Å². The van der Waals surface area contributed by atoms with Crippen LogP contribution in [0, 0.1) is 0 Å². The molecule has 1 nitrogen and oxygen atoms in total. The Morgan fingerprint density at radius 2 is 0.857 bits per heavy atom. The highest BCUT2D eigenvalue weighted by atomic mass is 16.3. The van der Waals surface area contributed by atoms with E-state index in [1.54, 1.807) is 0 Å². The Balaban J connectivity index is 1.24. The third-order valence-electron chi connectivity index (χ3n) is 10.1. The molecule has 0 aliphatic rings. The normalized spacial score (nSPS) is 11.7. The maximum Gasteiger partial charge on any atom is 0.143 e. The largest absolute Gasteiger partial charge is 0.455 e. The fourth-order valence-electron chi connectivity index (χ4n) is 7.83. The fourth-order valence-corrected chi connectivity index (χ4v) is 7.83. The Morgan fingerprint density at radius 1 is 0.286 bits per heavy atom. The van der Waals surface area contributed by atoms with Gasteiger partial charge in [-0.3, -0.25) is 0 Å². The van der Waals surface area contributed by atoms with Gasteiger partial charge in [-0.1, -0.05) is 164 Å². The van der Waals surface area contributed by atoms with Crippen molar-refractivity contribution in [2.24, 2.45) is 0 Å². The van der Waals surface area contributed by atoms with Crippen LogP contribution >= 0.6 is 0 Å². The molecule has 1 heteroatoms. The van der Waals surface area contributed by atoms with Gasteiger partial charge >= 0.3 is 0 Å². The van der Waals surface area contributed by atoms with Crippen molar-refractivity contribution < 1.29 is 4.42 Å². The second-order valence-corrected chi connectivity index (χ2v) is 12.8. The zero-order chi connectivity index (χ0) is 32.3.